The minimum absolute atomic E-state index is 0.00748. The third kappa shape index (κ3) is 3.56. The molecule has 0 fully saturated rings. The zero-order chi connectivity index (χ0) is 20.5. The van der Waals surface area contributed by atoms with E-state index >= 15 is 0 Å². The third-order valence-corrected chi connectivity index (χ3v) is 5.21. The zero-order valence-electron chi connectivity index (χ0n) is 15.9. The van der Waals surface area contributed by atoms with Gasteiger partial charge in [-0.15, -0.1) is 0 Å². The highest BCUT2D eigenvalue weighted by atomic mass is 35.5. The Kier molecular flexibility index (Phi) is 4.98. The first-order valence-corrected chi connectivity index (χ1v) is 9.44. The van der Waals surface area contributed by atoms with Crippen molar-refractivity contribution in [2.75, 3.05) is 17.7 Å². The summed E-state index contributed by atoms with van der Waals surface area (Å²) in [6, 6.07) is 13.6. The van der Waals surface area contributed by atoms with Crippen molar-refractivity contribution in [3.05, 3.63) is 59.1 Å². The van der Waals surface area contributed by atoms with E-state index in [2.05, 4.69) is 15.7 Å². The number of hydrogen-bond donors (Lipinski definition) is 2. The smallest absolute Gasteiger partial charge is 0.249 e. The average molecular weight is 411 g/mol. The minimum Gasteiger partial charge on any atom is -0.497 e. The molecular weight excluding hydrogens is 392 g/mol. The van der Waals surface area contributed by atoms with Gasteiger partial charge in [-0.3, -0.25) is 9.59 Å². The lowest BCUT2D eigenvalue weighted by Crippen LogP contribution is -2.36. The molecule has 8 heteroatoms. The molecule has 0 spiro atoms. The third-order valence-electron chi connectivity index (χ3n) is 4.88. The summed E-state index contributed by atoms with van der Waals surface area (Å²) in [5.41, 5.74) is 2.84. The number of methoxy groups -OCH3 is 1. The van der Waals surface area contributed by atoms with Crippen LogP contribution in [-0.4, -0.2) is 28.7 Å². The number of ether oxygens (including phenoxy) is 1. The summed E-state index contributed by atoms with van der Waals surface area (Å²) in [4.78, 5) is 25.2. The minimum atomic E-state index is -0.777. The Labute approximate surface area is 172 Å². The van der Waals surface area contributed by atoms with Crippen molar-refractivity contribution < 1.29 is 14.3 Å². The fourth-order valence-electron chi connectivity index (χ4n) is 3.34. The Morgan fingerprint density at radius 3 is 2.66 bits per heavy atom. The summed E-state index contributed by atoms with van der Waals surface area (Å²) in [5, 5.41) is 10.7. The number of fused-ring (bicyclic) bond motifs is 1. The summed E-state index contributed by atoms with van der Waals surface area (Å²) in [6.07, 6.45) is -0.00748. The molecule has 2 amide bonds. The molecule has 2 N–H and O–H groups in total. The molecule has 2 aromatic carbocycles. The fourth-order valence-corrected chi connectivity index (χ4v) is 3.53. The Hall–Kier alpha value is -3.32. The maximum Gasteiger partial charge on any atom is 0.249 e. The molecular formula is C21H19ClN4O3. The molecule has 1 aliphatic rings. The van der Waals surface area contributed by atoms with Crippen LogP contribution in [0.2, 0.25) is 5.02 Å². The molecule has 2 heterocycles. The van der Waals surface area contributed by atoms with Crippen molar-refractivity contribution in [1.82, 2.24) is 9.78 Å². The predicted molar refractivity (Wildman–Crippen MR) is 111 cm³/mol. The van der Waals surface area contributed by atoms with E-state index in [4.69, 9.17) is 16.3 Å². The lowest BCUT2D eigenvalue weighted by atomic mass is 10.1. The number of para-hydroxylation sites is 1. The Balaban J connectivity index is 1.70. The van der Waals surface area contributed by atoms with Crippen LogP contribution in [0.1, 0.15) is 18.0 Å². The number of benzene rings is 2. The monoisotopic (exact) mass is 410 g/mol. The van der Waals surface area contributed by atoms with Crippen LogP contribution >= 0.6 is 11.6 Å². The molecule has 1 aromatic heterocycles. The van der Waals surface area contributed by atoms with Gasteiger partial charge in [-0.1, -0.05) is 23.7 Å². The SMILES string of the molecule is COc1ccc(-c2nn3c(c2C)NC(=O)C[C@@H]3C(=O)Nc2ccccc2Cl)cc1. The molecule has 3 aromatic rings. The van der Waals surface area contributed by atoms with E-state index in [-0.39, 0.29) is 18.2 Å². The maximum absolute atomic E-state index is 12.9. The van der Waals surface area contributed by atoms with Gasteiger partial charge in [-0.25, -0.2) is 4.68 Å². The van der Waals surface area contributed by atoms with Crippen LogP contribution in [0.5, 0.6) is 5.75 Å². The van der Waals surface area contributed by atoms with E-state index in [0.717, 1.165) is 16.9 Å². The van der Waals surface area contributed by atoms with Gasteiger partial charge in [0.25, 0.3) is 0 Å². The summed E-state index contributed by atoms with van der Waals surface area (Å²) in [7, 11) is 1.60. The van der Waals surface area contributed by atoms with Gasteiger partial charge in [-0.05, 0) is 43.3 Å². The van der Waals surface area contributed by atoms with Gasteiger partial charge in [0, 0.05) is 11.1 Å². The standard InChI is InChI=1S/C21H19ClN4O3/c1-12-19(13-7-9-14(29-2)10-8-13)25-26-17(11-18(27)24-20(12)26)21(28)23-16-6-4-3-5-15(16)22/h3-10,17H,11H2,1-2H3,(H,23,28)(H,24,27)/t17-/m1/s1. The molecule has 0 unspecified atom stereocenters. The number of amides is 2. The van der Waals surface area contributed by atoms with Crippen LogP contribution in [-0.2, 0) is 9.59 Å². The summed E-state index contributed by atoms with van der Waals surface area (Å²) >= 11 is 6.14. The average Bonchev–Trinajstić information content (AvgIpc) is 3.05. The lowest BCUT2D eigenvalue weighted by Gasteiger charge is -2.24. The van der Waals surface area contributed by atoms with Crippen LogP contribution in [0.4, 0.5) is 11.5 Å². The van der Waals surface area contributed by atoms with Gasteiger partial charge in [-0.2, -0.15) is 5.10 Å². The van der Waals surface area contributed by atoms with Crippen molar-refractivity contribution in [1.29, 1.82) is 0 Å². The number of carbonyl (C=O) groups excluding carboxylic acids is 2. The number of rotatable bonds is 4. The highest BCUT2D eigenvalue weighted by Gasteiger charge is 2.34. The van der Waals surface area contributed by atoms with Crippen molar-refractivity contribution >= 4 is 34.9 Å². The van der Waals surface area contributed by atoms with Crippen LogP contribution in [0.3, 0.4) is 0 Å². The van der Waals surface area contributed by atoms with Gasteiger partial charge in [0.15, 0.2) is 0 Å². The van der Waals surface area contributed by atoms with E-state index in [0.29, 0.717) is 22.2 Å². The molecule has 1 aliphatic heterocycles. The lowest BCUT2D eigenvalue weighted by molar-refractivity contribution is -0.125. The number of hydrogen-bond acceptors (Lipinski definition) is 4. The topological polar surface area (TPSA) is 85.2 Å². The normalized spacial score (nSPS) is 15.4. The number of nitrogens with one attached hydrogen (secondary N) is 2. The van der Waals surface area contributed by atoms with E-state index in [1.807, 2.05) is 31.2 Å². The van der Waals surface area contributed by atoms with Gasteiger partial charge in [0.2, 0.25) is 11.8 Å². The summed E-state index contributed by atoms with van der Waals surface area (Å²) in [5.74, 6) is 0.672. The largest absolute Gasteiger partial charge is 0.497 e. The van der Waals surface area contributed by atoms with E-state index in [1.165, 1.54) is 0 Å². The molecule has 148 valence electrons. The van der Waals surface area contributed by atoms with Crippen molar-refractivity contribution in [3.63, 3.8) is 0 Å². The molecule has 7 nitrogen and oxygen atoms in total. The van der Waals surface area contributed by atoms with Gasteiger partial charge in [0.1, 0.15) is 17.6 Å². The second-order valence-corrected chi connectivity index (χ2v) is 7.14. The zero-order valence-corrected chi connectivity index (χ0v) is 16.7. The first-order valence-electron chi connectivity index (χ1n) is 9.06. The van der Waals surface area contributed by atoms with Crippen LogP contribution in [0.15, 0.2) is 48.5 Å². The highest BCUT2D eigenvalue weighted by Crippen LogP contribution is 2.35. The molecule has 0 radical (unpaired) electrons. The van der Waals surface area contributed by atoms with E-state index < -0.39 is 6.04 Å². The molecule has 1 atom stereocenters. The van der Waals surface area contributed by atoms with Gasteiger partial charge < -0.3 is 15.4 Å². The first kappa shape index (κ1) is 19.0. The first-order chi connectivity index (χ1) is 14.0. The van der Waals surface area contributed by atoms with E-state index in [9.17, 15) is 9.59 Å². The molecule has 0 bridgehead atoms. The van der Waals surface area contributed by atoms with Crippen LogP contribution < -0.4 is 15.4 Å². The van der Waals surface area contributed by atoms with Crippen LogP contribution in [0, 0.1) is 6.92 Å². The number of nitrogens with zero attached hydrogens (tertiary/aromatic N) is 2. The summed E-state index contributed by atoms with van der Waals surface area (Å²) in [6.45, 7) is 1.87. The molecule has 0 saturated carbocycles. The van der Waals surface area contributed by atoms with Crippen molar-refractivity contribution in [3.8, 4) is 17.0 Å². The second kappa shape index (κ2) is 7.60. The highest BCUT2D eigenvalue weighted by molar-refractivity contribution is 6.33. The van der Waals surface area contributed by atoms with Gasteiger partial charge in [0.05, 0.1) is 29.9 Å². The predicted octanol–water partition coefficient (Wildman–Crippen LogP) is 4.04. The van der Waals surface area contributed by atoms with E-state index in [1.54, 1.807) is 36.1 Å². The van der Waals surface area contributed by atoms with Crippen molar-refractivity contribution in [2.45, 2.75) is 19.4 Å². The van der Waals surface area contributed by atoms with Crippen molar-refractivity contribution in [2.24, 2.45) is 0 Å². The second-order valence-electron chi connectivity index (χ2n) is 6.73. The number of halogens is 1. The maximum atomic E-state index is 12.9. The molecule has 0 aliphatic carbocycles. The molecule has 0 saturated heterocycles. The number of carbonyl (C=O) groups is 2. The van der Waals surface area contributed by atoms with Crippen LogP contribution in [0.25, 0.3) is 11.3 Å². The van der Waals surface area contributed by atoms with Gasteiger partial charge >= 0.3 is 0 Å². The summed E-state index contributed by atoms with van der Waals surface area (Å²) < 4.78 is 6.77. The number of aromatic nitrogens is 2. The number of anilines is 2. The fraction of sp³-hybridized carbons (Fsp3) is 0.190. The Morgan fingerprint density at radius 2 is 1.97 bits per heavy atom. The quantitative estimate of drug-likeness (QED) is 0.679. The molecule has 4 rings (SSSR count). The Morgan fingerprint density at radius 1 is 1.24 bits per heavy atom. The Bertz CT molecular complexity index is 1090. The molecule has 29 heavy (non-hydrogen) atoms.